The van der Waals surface area contributed by atoms with E-state index in [0.717, 1.165) is 7.11 Å². The van der Waals surface area contributed by atoms with Crippen molar-refractivity contribution in [1.82, 2.24) is 0 Å². The second kappa shape index (κ2) is 6.12. The Balaban J connectivity index is 4.97. The van der Waals surface area contributed by atoms with E-state index in [1.54, 1.807) is 27.7 Å². The lowest BCUT2D eigenvalue weighted by Gasteiger charge is -2.19. The zero-order chi connectivity index (χ0) is 13.6. The fraction of sp³-hybridized carbons (Fsp3) is 0.636. The summed E-state index contributed by atoms with van der Waals surface area (Å²) < 4.78 is 14.1. The summed E-state index contributed by atoms with van der Waals surface area (Å²) in [6.45, 7) is 6.60. The molecule has 17 heavy (non-hydrogen) atoms. The molecule has 0 fully saturated rings. The maximum Gasteiger partial charge on any atom is 0.378 e. The van der Waals surface area contributed by atoms with Crippen LogP contribution in [0.3, 0.4) is 0 Å². The molecule has 6 heteroatoms. The first-order chi connectivity index (χ1) is 7.72. The van der Waals surface area contributed by atoms with Gasteiger partial charge in [0.15, 0.2) is 0 Å². The zero-order valence-electron chi connectivity index (χ0n) is 10.7. The Kier molecular flexibility index (Phi) is 5.50. The standard InChI is InChI=1S/C11H18O6/c1-6-16-10(14)8(15-5)7(12)9(13)17-11(2,3)4/h12H,6H2,1-5H3/b8-7+. The van der Waals surface area contributed by atoms with Gasteiger partial charge >= 0.3 is 11.9 Å². The molecule has 0 aromatic carbocycles. The molecule has 98 valence electrons. The third-order valence-corrected chi connectivity index (χ3v) is 1.47. The molecule has 0 unspecified atom stereocenters. The maximum absolute atomic E-state index is 11.4. The number of methoxy groups -OCH3 is 1. The van der Waals surface area contributed by atoms with Crippen molar-refractivity contribution in [3.63, 3.8) is 0 Å². The van der Waals surface area contributed by atoms with Crippen molar-refractivity contribution in [2.75, 3.05) is 13.7 Å². The van der Waals surface area contributed by atoms with Crippen LogP contribution in [0, 0.1) is 0 Å². The van der Waals surface area contributed by atoms with Crippen LogP contribution in [-0.4, -0.2) is 36.4 Å². The van der Waals surface area contributed by atoms with Gasteiger partial charge in [0.2, 0.25) is 0 Å². The van der Waals surface area contributed by atoms with Gasteiger partial charge in [-0.2, -0.15) is 0 Å². The van der Waals surface area contributed by atoms with Crippen LogP contribution in [0.5, 0.6) is 0 Å². The van der Waals surface area contributed by atoms with Crippen LogP contribution in [0.15, 0.2) is 11.5 Å². The van der Waals surface area contributed by atoms with E-state index in [1.807, 2.05) is 0 Å². The van der Waals surface area contributed by atoms with Gasteiger partial charge in [0.25, 0.3) is 11.5 Å². The zero-order valence-corrected chi connectivity index (χ0v) is 10.7. The molecular formula is C11H18O6. The first-order valence-electron chi connectivity index (χ1n) is 5.10. The third-order valence-electron chi connectivity index (χ3n) is 1.47. The predicted octanol–water partition coefficient (Wildman–Crippen LogP) is 1.31. The van der Waals surface area contributed by atoms with Gasteiger partial charge in [-0.3, -0.25) is 0 Å². The number of ether oxygens (including phenoxy) is 3. The predicted molar refractivity (Wildman–Crippen MR) is 59.1 cm³/mol. The van der Waals surface area contributed by atoms with Crippen LogP contribution >= 0.6 is 0 Å². The summed E-state index contributed by atoms with van der Waals surface area (Å²) >= 11 is 0. The van der Waals surface area contributed by atoms with Gasteiger partial charge in [0.05, 0.1) is 13.7 Å². The number of carbonyl (C=O) groups is 2. The SMILES string of the molecule is CCOC(=O)/C(OC)=C(\O)C(=O)OC(C)(C)C. The Morgan fingerprint density at radius 3 is 2.06 bits per heavy atom. The summed E-state index contributed by atoms with van der Waals surface area (Å²) in [6, 6.07) is 0. The molecule has 0 aromatic rings. The molecule has 0 aliphatic rings. The number of rotatable bonds is 4. The van der Waals surface area contributed by atoms with Crippen molar-refractivity contribution in [3.05, 3.63) is 11.5 Å². The van der Waals surface area contributed by atoms with E-state index in [2.05, 4.69) is 9.47 Å². The molecule has 0 spiro atoms. The second-order valence-corrected chi connectivity index (χ2v) is 4.10. The molecule has 0 bridgehead atoms. The van der Waals surface area contributed by atoms with E-state index in [-0.39, 0.29) is 6.61 Å². The molecule has 0 aliphatic heterocycles. The summed E-state index contributed by atoms with van der Waals surface area (Å²) in [4.78, 5) is 22.8. The highest BCUT2D eigenvalue weighted by Crippen LogP contribution is 2.13. The summed E-state index contributed by atoms with van der Waals surface area (Å²) in [5.41, 5.74) is -0.779. The Morgan fingerprint density at radius 1 is 1.18 bits per heavy atom. The van der Waals surface area contributed by atoms with Crippen LogP contribution in [-0.2, 0) is 23.8 Å². The minimum Gasteiger partial charge on any atom is -0.499 e. The average Bonchev–Trinajstić information content (AvgIpc) is 2.16. The van der Waals surface area contributed by atoms with Gasteiger partial charge in [0, 0.05) is 0 Å². The number of esters is 2. The normalized spacial score (nSPS) is 12.5. The summed E-state index contributed by atoms with van der Waals surface area (Å²) in [5, 5.41) is 9.52. The monoisotopic (exact) mass is 246 g/mol. The molecule has 0 saturated carbocycles. The van der Waals surface area contributed by atoms with Crippen LogP contribution < -0.4 is 0 Å². The van der Waals surface area contributed by atoms with E-state index in [0.29, 0.717) is 0 Å². The lowest BCUT2D eigenvalue weighted by Crippen LogP contribution is -2.26. The minimum atomic E-state index is -1.04. The van der Waals surface area contributed by atoms with Crippen molar-refractivity contribution in [2.24, 2.45) is 0 Å². The highest BCUT2D eigenvalue weighted by atomic mass is 16.6. The molecule has 0 atom stereocenters. The van der Waals surface area contributed by atoms with Crippen LogP contribution in [0.2, 0.25) is 0 Å². The topological polar surface area (TPSA) is 82.1 Å². The summed E-state index contributed by atoms with van der Waals surface area (Å²) in [6.07, 6.45) is 0. The number of hydrogen-bond acceptors (Lipinski definition) is 6. The van der Waals surface area contributed by atoms with Crippen molar-refractivity contribution < 1.29 is 28.9 Å². The quantitative estimate of drug-likeness (QED) is 0.457. The van der Waals surface area contributed by atoms with Gasteiger partial charge in [-0.05, 0) is 27.7 Å². The molecular weight excluding hydrogens is 228 g/mol. The first kappa shape index (κ1) is 15.3. The van der Waals surface area contributed by atoms with Gasteiger partial charge in [-0.25, -0.2) is 9.59 Å². The first-order valence-corrected chi connectivity index (χ1v) is 5.10. The summed E-state index contributed by atoms with van der Waals surface area (Å²) in [7, 11) is 1.15. The van der Waals surface area contributed by atoms with Gasteiger partial charge in [0.1, 0.15) is 5.60 Å². The van der Waals surface area contributed by atoms with E-state index in [1.165, 1.54) is 0 Å². The van der Waals surface area contributed by atoms with Crippen molar-refractivity contribution in [1.29, 1.82) is 0 Å². The van der Waals surface area contributed by atoms with Crippen molar-refractivity contribution in [2.45, 2.75) is 33.3 Å². The molecule has 0 saturated heterocycles. The number of aliphatic hydroxyl groups is 1. The van der Waals surface area contributed by atoms with Crippen molar-refractivity contribution >= 4 is 11.9 Å². The van der Waals surface area contributed by atoms with Crippen molar-refractivity contribution in [3.8, 4) is 0 Å². The minimum absolute atomic E-state index is 0.104. The van der Waals surface area contributed by atoms with Gasteiger partial charge < -0.3 is 19.3 Å². The lowest BCUT2D eigenvalue weighted by molar-refractivity contribution is -0.155. The highest BCUT2D eigenvalue weighted by molar-refractivity contribution is 5.97. The molecule has 0 aliphatic carbocycles. The molecule has 0 aromatic heterocycles. The van der Waals surface area contributed by atoms with E-state index in [4.69, 9.17) is 4.74 Å². The fourth-order valence-electron chi connectivity index (χ4n) is 0.892. The van der Waals surface area contributed by atoms with Crippen LogP contribution in [0.1, 0.15) is 27.7 Å². The number of carbonyl (C=O) groups excluding carboxylic acids is 2. The second-order valence-electron chi connectivity index (χ2n) is 4.10. The number of aliphatic hydroxyl groups excluding tert-OH is 1. The molecule has 0 heterocycles. The average molecular weight is 246 g/mol. The largest absolute Gasteiger partial charge is 0.499 e. The third kappa shape index (κ3) is 5.24. The Morgan fingerprint density at radius 2 is 1.71 bits per heavy atom. The smallest absolute Gasteiger partial charge is 0.378 e. The number of hydrogen-bond donors (Lipinski definition) is 1. The molecule has 6 nitrogen and oxygen atoms in total. The van der Waals surface area contributed by atoms with Crippen LogP contribution in [0.4, 0.5) is 0 Å². The lowest BCUT2D eigenvalue weighted by atomic mass is 10.2. The summed E-state index contributed by atoms with van der Waals surface area (Å²) in [5.74, 6) is -3.43. The Hall–Kier alpha value is -1.72. The molecule has 0 radical (unpaired) electrons. The van der Waals surface area contributed by atoms with E-state index in [9.17, 15) is 14.7 Å². The molecule has 0 rings (SSSR count). The molecule has 0 amide bonds. The highest BCUT2D eigenvalue weighted by Gasteiger charge is 2.27. The Bertz CT molecular complexity index is 323. The van der Waals surface area contributed by atoms with E-state index >= 15 is 0 Å². The van der Waals surface area contributed by atoms with Gasteiger partial charge in [-0.15, -0.1) is 0 Å². The van der Waals surface area contributed by atoms with Gasteiger partial charge in [-0.1, -0.05) is 0 Å². The fourth-order valence-corrected chi connectivity index (χ4v) is 0.892. The van der Waals surface area contributed by atoms with E-state index < -0.39 is 29.1 Å². The molecule has 1 N–H and O–H groups in total. The van der Waals surface area contributed by atoms with Crippen LogP contribution in [0.25, 0.3) is 0 Å². The Labute approximate surface area is 100 Å². The maximum atomic E-state index is 11.4.